The minimum atomic E-state index is -0.689. The molecule has 55 heavy (non-hydrogen) atoms. The third-order valence-corrected chi connectivity index (χ3v) is 10.8. The number of fused-ring (bicyclic) bond motifs is 1. The summed E-state index contributed by atoms with van der Waals surface area (Å²) in [6, 6.07) is 18.5. The Kier molecular flexibility index (Phi) is 11.6. The Labute approximate surface area is 327 Å². The highest BCUT2D eigenvalue weighted by atomic mass is 35.5. The number of nitrogens with one attached hydrogen (secondary N) is 3. The average molecular weight is 788 g/mol. The molecule has 5 aromatic rings. The van der Waals surface area contributed by atoms with Crippen LogP contribution in [0.25, 0.3) is 39.2 Å². The first-order chi connectivity index (χ1) is 26.6. The molecule has 0 bridgehead atoms. The Morgan fingerprint density at radius 1 is 1.02 bits per heavy atom. The zero-order valence-corrected chi connectivity index (χ0v) is 31.7. The lowest BCUT2D eigenvalue weighted by atomic mass is 9.97. The molecule has 2 saturated heterocycles. The van der Waals surface area contributed by atoms with Crippen molar-refractivity contribution in [2.75, 3.05) is 26.9 Å². The predicted molar refractivity (Wildman–Crippen MR) is 208 cm³/mol. The number of halogens is 2. The van der Waals surface area contributed by atoms with Gasteiger partial charge in [-0.05, 0) is 43.5 Å². The van der Waals surface area contributed by atoms with Crippen LogP contribution in [-0.4, -0.2) is 76.5 Å². The highest BCUT2D eigenvalue weighted by Crippen LogP contribution is 2.42. The van der Waals surface area contributed by atoms with E-state index in [-0.39, 0.29) is 42.3 Å². The SMILES string of the molecule is COc1nc(-c2cccc(-c3cccc(-c4ccn5c(=O)c(COC(=O)NC[C@@H]6CCC(=O)N6)c(C)nc5c4)c3Cl)c2Cl)ccc1CN[C@H]1CCOC[C@@H]1O. The summed E-state index contributed by atoms with van der Waals surface area (Å²) < 4.78 is 17.7. The quantitative estimate of drug-likeness (QED) is 0.135. The first-order valence-electron chi connectivity index (χ1n) is 17.9. The average Bonchev–Trinajstić information content (AvgIpc) is 3.61. The smallest absolute Gasteiger partial charge is 0.407 e. The molecule has 15 heteroatoms. The lowest BCUT2D eigenvalue weighted by Crippen LogP contribution is -2.46. The standard InChI is InChI=1S/C40H40Cl2N6O7/c1-22-30(20-55-40(52)44-19-25-10-12-35(50)46-25)39(51)48-15-13-23(17-34(48)45-22)26-5-3-6-27(36(26)41)28-7-4-8-29(37(28)42)31-11-9-24(38(47-31)53-2)18-43-32-14-16-54-21-33(32)49/h3-9,11,13,15,17,25,32-33,43,49H,10,12,14,16,18-21H2,1-2H3,(H,44,52)(H,46,50)/t25-,32-,33-/m0/s1. The second-order valence-electron chi connectivity index (χ2n) is 13.5. The minimum absolute atomic E-state index is 0.0462. The van der Waals surface area contributed by atoms with Gasteiger partial charge < -0.3 is 35.3 Å². The van der Waals surface area contributed by atoms with Gasteiger partial charge in [-0.1, -0.05) is 65.7 Å². The van der Waals surface area contributed by atoms with E-state index in [1.165, 1.54) is 4.40 Å². The van der Waals surface area contributed by atoms with Gasteiger partial charge in [-0.2, -0.15) is 0 Å². The van der Waals surface area contributed by atoms with Crippen molar-refractivity contribution < 1.29 is 28.9 Å². The molecule has 286 valence electrons. The number of aliphatic hydroxyl groups excluding tert-OH is 1. The van der Waals surface area contributed by atoms with Crippen molar-refractivity contribution in [1.82, 2.24) is 30.3 Å². The third kappa shape index (κ3) is 8.31. The molecule has 3 atom stereocenters. The number of amides is 2. The molecule has 0 spiro atoms. The highest BCUT2D eigenvalue weighted by molar-refractivity contribution is 6.39. The van der Waals surface area contributed by atoms with Gasteiger partial charge in [-0.25, -0.2) is 14.8 Å². The van der Waals surface area contributed by atoms with Gasteiger partial charge in [-0.3, -0.25) is 14.0 Å². The Hall–Kier alpha value is -5.05. The number of aliphatic hydroxyl groups is 1. The van der Waals surface area contributed by atoms with Crippen LogP contribution in [0.2, 0.25) is 10.0 Å². The molecule has 2 aliphatic heterocycles. The summed E-state index contributed by atoms with van der Waals surface area (Å²) >= 11 is 14.2. The van der Waals surface area contributed by atoms with Gasteiger partial charge in [0, 0.05) is 72.2 Å². The number of nitrogens with zero attached hydrogens (tertiary/aromatic N) is 3. The summed E-state index contributed by atoms with van der Waals surface area (Å²) in [5.74, 6) is 0.402. The Bertz CT molecular complexity index is 2320. The Morgan fingerprint density at radius 3 is 2.49 bits per heavy atom. The Morgan fingerprint density at radius 2 is 1.76 bits per heavy atom. The second kappa shape index (κ2) is 16.8. The van der Waals surface area contributed by atoms with Gasteiger partial charge in [-0.15, -0.1) is 0 Å². The summed E-state index contributed by atoms with van der Waals surface area (Å²) in [5.41, 5.74) is 5.73. The molecule has 13 nitrogen and oxygen atoms in total. The monoisotopic (exact) mass is 786 g/mol. The molecule has 0 radical (unpaired) electrons. The highest BCUT2D eigenvalue weighted by Gasteiger charge is 2.25. The summed E-state index contributed by atoms with van der Waals surface area (Å²) in [7, 11) is 1.57. The molecule has 2 aliphatic rings. The molecule has 0 unspecified atom stereocenters. The molecule has 4 N–H and O–H groups in total. The van der Waals surface area contributed by atoms with Crippen molar-refractivity contribution in [3.63, 3.8) is 0 Å². The number of aromatic nitrogens is 3. The number of methoxy groups -OCH3 is 1. The molecule has 0 aliphatic carbocycles. The van der Waals surface area contributed by atoms with E-state index in [1.54, 1.807) is 32.4 Å². The van der Waals surface area contributed by atoms with Crippen LogP contribution in [0.15, 0.2) is 71.7 Å². The number of benzene rings is 2. The molecule has 2 fully saturated rings. The van der Waals surface area contributed by atoms with Crippen LogP contribution >= 0.6 is 23.2 Å². The van der Waals surface area contributed by atoms with Crippen molar-refractivity contribution >= 4 is 40.8 Å². The van der Waals surface area contributed by atoms with E-state index in [4.69, 9.17) is 42.4 Å². The van der Waals surface area contributed by atoms with Crippen LogP contribution in [0.4, 0.5) is 4.79 Å². The maximum Gasteiger partial charge on any atom is 0.407 e. The van der Waals surface area contributed by atoms with E-state index in [0.717, 1.165) is 11.1 Å². The number of rotatable bonds is 11. The van der Waals surface area contributed by atoms with Crippen molar-refractivity contribution in [2.24, 2.45) is 0 Å². The minimum Gasteiger partial charge on any atom is -0.481 e. The van der Waals surface area contributed by atoms with E-state index < -0.39 is 12.2 Å². The van der Waals surface area contributed by atoms with E-state index in [1.807, 2.05) is 48.5 Å². The van der Waals surface area contributed by atoms with Crippen LogP contribution in [0, 0.1) is 6.92 Å². The first-order valence-corrected chi connectivity index (χ1v) is 18.7. The zero-order valence-electron chi connectivity index (χ0n) is 30.2. The van der Waals surface area contributed by atoms with Gasteiger partial charge in [0.2, 0.25) is 11.8 Å². The summed E-state index contributed by atoms with van der Waals surface area (Å²) in [6.07, 6.45) is 2.13. The number of carbonyl (C=O) groups excluding carboxylic acids is 2. The number of hydrogen-bond donors (Lipinski definition) is 4. The second-order valence-corrected chi connectivity index (χ2v) is 14.3. The fraction of sp³-hybridized carbons (Fsp3) is 0.325. The number of alkyl carbamates (subject to hydrolysis) is 1. The summed E-state index contributed by atoms with van der Waals surface area (Å²) in [6.45, 7) is 3.04. The lowest BCUT2D eigenvalue weighted by molar-refractivity contribution is -0.119. The van der Waals surface area contributed by atoms with Gasteiger partial charge >= 0.3 is 6.09 Å². The number of ether oxygens (including phenoxy) is 3. The molecular formula is C40H40Cl2N6O7. The van der Waals surface area contributed by atoms with E-state index in [9.17, 15) is 19.5 Å². The zero-order chi connectivity index (χ0) is 38.6. The summed E-state index contributed by atoms with van der Waals surface area (Å²) in [4.78, 5) is 46.6. The molecule has 5 heterocycles. The first kappa shape index (κ1) is 38.2. The topological polar surface area (TPSA) is 165 Å². The molecule has 3 aromatic heterocycles. The number of pyridine rings is 2. The van der Waals surface area contributed by atoms with Crippen LogP contribution in [0.1, 0.15) is 36.1 Å². The van der Waals surface area contributed by atoms with Gasteiger partial charge in [0.05, 0.1) is 46.8 Å². The predicted octanol–water partition coefficient (Wildman–Crippen LogP) is 5.46. The van der Waals surface area contributed by atoms with Crippen LogP contribution < -0.4 is 26.2 Å². The van der Waals surface area contributed by atoms with Crippen LogP contribution in [-0.2, 0) is 27.4 Å². The lowest BCUT2D eigenvalue weighted by Gasteiger charge is -2.28. The maximum absolute atomic E-state index is 13.5. The van der Waals surface area contributed by atoms with Crippen LogP contribution in [0.5, 0.6) is 5.88 Å². The van der Waals surface area contributed by atoms with Crippen molar-refractivity contribution in [2.45, 2.75) is 57.5 Å². The third-order valence-electron chi connectivity index (χ3n) is 9.94. The number of aryl methyl sites for hydroxylation is 1. The van der Waals surface area contributed by atoms with Crippen molar-refractivity contribution in [3.8, 4) is 39.4 Å². The fourth-order valence-corrected chi connectivity index (χ4v) is 7.54. The van der Waals surface area contributed by atoms with Gasteiger partial charge in [0.15, 0.2) is 0 Å². The van der Waals surface area contributed by atoms with E-state index in [0.29, 0.717) is 94.2 Å². The fourth-order valence-electron chi connectivity index (χ4n) is 6.88. The molecule has 7 rings (SSSR count). The van der Waals surface area contributed by atoms with Crippen molar-refractivity contribution in [1.29, 1.82) is 0 Å². The molecule has 0 saturated carbocycles. The number of hydrogen-bond acceptors (Lipinski definition) is 10. The molecule has 2 amide bonds. The van der Waals surface area contributed by atoms with E-state index >= 15 is 0 Å². The van der Waals surface area contributed by atoms with E-state index in [2.05, 4.69) is 20.9 Å². The molecule has 2 aromatic carbocycles. The van der Waals surface area contributed by atoms with Gasteiger partial charge in [0.25, 0.3) is 5.56 Å². The Balaban J connectivity index is 1.10. The maximum atomic E-state index is 13.5. The van der Waals surface area contributed by atoms with Gasteiger partial charge in [0.1, 0.15) is 12.3 Å². The normalized spacial score (nSPS) is 18.3. The molecular weight excluding hydrogens is 747 g/mol. The number of carbonyl (C=O) groups is 2. The van der Waals surface area contributed by atoms with Crippen molar-refractivity contribution in [3.05, 3.63) is 104 Å². The summed E-state index contributed by atoms with van der Waals surface area (Å²) in [5, 5.41) is 20.0. The van der Waals surface area contributed by atoms with Crippen LogP contribution in [0.3, 0.4) is 0 Å². The largest absolute Gasteiger partial charge is 0.481 e.